The fourth-order valence-corrected chi connectivity index (χ4v) is 2.71. The zero-order valence-corrected chi connectivity index (χ0v) is 11.9. The van der Waals surface area contributed by atoms with Crippen molar-refractivity contribution in [2.75, 3.05) is 7.11 Å². The molecule has 3 rings (SSSR count). The maximum atomic E-state index is 13.9. The SMILES string of the molecule is COc1ccc(C)c(-c2cc(F)cc3c2OC(C)C3)c1. The summed E-state index contributed by atoms with van der Waals surface area (Å²) in [5.74, 6) is 1.34. The molecule has 0 bridgehead atoms. The summed E-state index contributed by atoms with van der Waals surface area (Å²) in [5, 5.41) is 0. The van der Waals surface area contributed by atoms with Gasteiger partial charge in [0.2, 0.25) is 0 Å². The molecule has 1 atom stereocenters. The van der Waals surface area contributed by atoms with Gasteiger partial charge in [-0.15, -0.1) is 0 Å². The highest BCUT2D eigenvalue weighted by molar-refractivity contribution is 5.76. The Morgan fingerprint density at radius 3 is 2.75 bits per heavy atom. The largest absolute Gasteiger partial charge is 0.497 e. The highest BCUT2D eigenvalue weighted by atomic mass is 19.1. The lowest BCUT2D eigenvalue weighted by Gasteiger charge is -2.13. The van der Waals surface area contributed by atoms with Crippen LogP contribution in [-0.2, 0) is 6.42 Å². The van der Waals surface area contributed by atoms with Crippen LogP contribution in [0.15, 0.2) is 30.3 Å². The molecule has 0 amide bonds. The van der Waals surface area contributed by atoms with E-state index in [9.17, 15) is 4.39 Å². The Kier molecular flexibility index (Phi) is 3.13. The van der Waals surface area contributed by atoms with Gasteiger partial charge in [-0.3, -0.25) is 0 Å². The summed E-state index contributed by atoms with van der Waals surface area (Å²) in [5.41, 5.74) is 3.77. The van der Waals surface area contributed by atoms with E-state index in [2.05, 4.69) is 0 Å². The summed E-state index contributed by atoms with van der Waals surface area (Å²) in [7, 11) is 1.63. The third-order valence-corrected chi connectivity index (χ3v) is 3.69. The van der Waals surface area contributed by atoms with Crippen molar-refractivity contribution in [3.8, 4) is 22.6 Å². The average molecular weight is 272 g/mol. The fourth-order valence-electron chi connectivity index (χ4n) is 2.71. The third kappa shape index (κ3) is 2.13. The number of aryl methyl sites for hydroxylation is 1. The van der Waals surface area contributed by atoms with Gasteiger partial charge in [-0.25, -0.2) is 4.39 Å². The highest BCUT2D eigenvalue weighted by Crippen LogP contribution is 2.41. The van der Waals surface area contributed by atoms with Crippen molar-refractivity contribution in [1.82, 2.24) is 0 Å². The summed E-state index contributed by atoms with van der Waals surface area (Å²) >= 11 is 0. The first kappa shape index (κ1) is 13.0. The molecular formula is C17H17FO2. The molecular weight excluding hydrogens is 255 g/mol. The molecule has 3 heteroatoms. The Balaban J connectivity index is 2.21. The van der Waals surface area contributed by atoms with E-state index in [-0.39, 0.29) is 11.9 Å². The average Bonchev–Trinajstić information content (AvgIpc) is 2.78. The van der Waals surface area contributed by atoms with Crippen LogP contribution < -0.4 is 9.47 Å². The number of hydrogen-bond donors (Lipinski definition) is 0. The molecule has 1 heterocycles. The molecule has 0 fully saturated rings. The van der Waals surface area contributed by atoms with E-state index >= 15 is 0 Å². The summed E-state index contributed by atoms with van der Waals surface area (Å²) < 4.78 is 25.0. The van der Waals surface area contributed by atoms with Crippen LogP contribution in [0, 0.1) is 12.7 Å². The molecule has 0 saturated heterocycles. The molecule has 0 spiro atoms. The quantitative estimate of drug-likeness (QED) is 0.818. The predicted molar refractivity (Wildman–Crippen MR) is 76.9 cm³/mol. The minimum atomic E-state index is -0.223. The number of fused-ring (bicyclic) bond motifs is 1. The number of methoxy groups -OCH3 is 1. The van der Waals surface area contributed by atoms with Gasteiger partial charge in [-0.2, -0.15) is 0 Å². The number of halogens is 1. The molecule has 0 aliphatic carbocycles. The maximum absolute atomic E-state index is 13.9. The number of benzene rings is 2. The molecule has 2 nitrogen and oxygen atoms in total. The minimum Gasteiger partial charge on any atom is -0.497 e. The van der Waals surface area contributed by atoms with Gasteiger partial charge in [-0.05, 0) is 49.2 Å². The van der Waals surface area contributed by atoms with Crippen LogP contribution in [0.2, 0.25) is 0 Å². The first-order valence-corrected chi connectivity index (χ1v) is 6.72. The molecule has 0 saturated carbocycles. The van der Waals surface area contributed by atoms with E-state index in [1.54, 1.807) is 19.2 Å². The summed E-state index contributed by atoms with van der Waals surface area (Å²) in [4.78, 5) is 0. The normalized spacial score (nSPS) is 16.7. The smallest absolute Gasteiger partial charge is 0.131 e. The Bertz CT molecular complexity index is 664. The summed E-state index contributed by atoms with van der Waals surface area (Å²) in [6.07, 6.45) is 0.847. The zero-order valence-electron chi connectivity index (χ0n) is 11.9. The minimum absolute atomic E-state index is 0.0939. The van der Waals surface area contributed by atoms with Gasteiger partial charge in [0.25, 0.3) is 0 Å². The molecule has 104 valence electrons. The molecule has 0 aromatic heterocycles. The lowest BCUT2D eigenvalue weighted by atomic mass is 9.96. The highest BCUT2D eigenvalue weighted by Gasteiger charge is 2.24. The number of ether oxygens (including phenoxy) is 2. The van der Waals surface area contributed by atoms with E-state index in [4.69, 9.17) is 9.47 Å². The lowest BCUT2D eigenvalue weighted by molar-refractivity contribution is 0.255. The van der Waals surface area contributed by atoms with Gasteiger partial charge in [-0.1, -0.05) is 6.07 Å². The number of rotatable bonds is 2. The van der Waals surface area contributed by atoms with Crippen LogP contribution in [0.25, 0.3) is 11.1 Å². The second-order valence-corrected chi connectivity index (χ2v) is 5.26. The molecule has 20 heavy (non-hydrogen) atoms. The van der Waals surface area contributed by atoms with Crippen LogP contribution in [-0.4, -0.2) is 13.2 Å². The zero-order chi connectivity index (χ0) is 14.3. The number of hydrogen-bond acceptors (Lipinski definition) is 2. The lowest BCUT2D eigenvalue weighted by Crippen LogP contribution is -2.05. The van der Waals surface area contributed by atoms with Gasteiger partial charge in [0.15, 0.2) is 0 Å². The van der Waals surface area contributed by atoms with Crippen molar-refractivity contribution in [2.24, 2.45) is 0 Å². The van der Waals surface area contributed by atoms with E-state index < -0.39 is 0 Å². The molecule has 1 aliphatic rings. The maximum Gasteiger partial charge on any atom is 0.131 e. The molecule has 0 N–H and O–H groups in total. The van der Waals surface area contributed by atoms with Crippen LogP contribution in [0.4, 0.5) is 4.39 Å². The fraction of sp³-hybridized carbons (Fsp3) is 0.294. The topological polar surface area (TPSA) is 18.5 Å². The predicted octanol–water partition coefficient (Wildman–Crippen LogP) is 4.13. The Morgan fingerprint density at radius 1 is 1.20 bits per heavy atom. The van der Waals surface area contributed by atoms with E-state index in [0.717, 1.165) is 40.2 Å². The second-order valence-electron chi connectivity index (χ2n) is 5.26. The van der Waals surface area contributed by atoms with Crippen molar-refractivity contribution in [3.63, 3.8) is 0 Å². The first-order chi connectivity index (χ1) is 9.58. The van der Waals surface area contributed by atoms with Crippen molar-refractivity contribution in [3.05, 3.63) is 47.3 Å². The summed E-state index contributed by atoms with van der Waals surface area (Å²) in [6, 6.07) is 8.92. The summed E-state index contributed by atoms with van der Waals surface area (Å²) in [6.45, 7) is 4.00. The van der Waals surface area contributed by atoms with Gasteiger partial charge in [0.1, 0.15) is 23.4 Å². The molecule has 2 aromatic rings. The standard InChI is InChI=1S/C17H17FO2/c1-10-4-5-14(19-3)9-15(10)16-8-13(18)7-12-6-11(2)20-17(12)16/h4-5,7-9,11H,6H2,1-3H3. The molecule has 1 aliphatic heterocycles. The van der Waals surface area contributed by atoms with Crippen LogP contribution in [0.5, 0.6) is 11.5 Å². The van der Waals surface area contributed by atoms with Gasteiger partial charge in [0, 0.05) is 17.5 Å². The van der Waals surface area contributed by atoms with Crippen LogP contribution in [0.1, 0.15) is 18.1 Å². The molecule has 0 radical (unpaired) electrons. The Hall–Kier alpha value is -2.03. The monoisotopic (exact) mass is 272 g/mol. The van der Waals surface area contributed by atoms with E-state index in [1.807, 2.05) is 32.0 Å². The van der Waals surface area contributed by atoms with Crippen LogP contribution in [0.3, 0.4) is 0 Å². The van der Waals surface area contributed by atoms with Gasteiger partial charge >= 0.3 is 0 Å². The van der Waals surface area contributed by atoms with Crippen molar-refractivity contribution in [2.45, 2.75) is 26.4 Å². The molecule has 2 aromatic carbocycles. The Morgan fingerprint density at radius 2 is 2.00 bits per heavy atom. The van der Waals surface area contributed by atoms with Crippen molar-refractivity contribution >= 4 is 0 Å². The molecule has 1 unspecified atom stereocenters. The van der Waals surface area contributed by atoms with E-state index in [0.29, 0.717) is 0 Å². The van der Waals surface area contributed by atoms with Crippen molar-refractivity contribution < 1.29 is 13.9 Å². The van der Waals surface area contributed by atoms with E-state index in [1.165, 1.54) is 0 Å². The van der Waals surface area contributed by atoms with Crippen LogP contribution >= 0.6 is 0 Å². The van der Waals surface area contributed by atoms with Gasteiger partial charge in [0.05, 0.1) is 7.11 Å². The third-order valence-electron chi connectivity index (χ3n) is 3.69. The second kappa shape index (κ2) is 4.82. The van der Waals surface area contributed by atoms with Gasteiger partial charge < -0.3 is 9.47 Å². The van der Waals surface area contributed by atoms with Crippen molar-refractivity contribution in [1.29, 1.82) is 0 Å². The first-order valence-electron chi connectivity index (χ1n) is 6.72. The Labute approximate surface area is 118 Å².